The van der Waals surface area contributed by atoms with Crippen LogP contribution in [0.1, 0.15) is 45.1 Å². The molecule has 0 unspecified atom stereocenters. The number of likely N-dealkylation sites (tertiary alicyclic amines) is 1. The molecule has 1 aliphatic rings. The first-order valence-corrected chi connectivity index (χ1v) is 10.5. The molecular formula is C23H21F3N4O4. The molecular weight excluding hydrogens is 453 g/mol. The number of pyridine rings is 1. The summed E-state index contributed by atoms with van der Waals surface area (Å²) in [6.07, 6.45) is -2.17. The number of ether oxygens (including phenoxy) is 1. The minimum absolute atomic E-state index is 0.145. The molecule has 1 aliphatic heterocycles. The molecule has 8 nitrogen and oxygen atoms in total. The number of benzene rings is 1. The molecule has 3 heterocycles. The van der Waals surface area contributed by atoms with E-state index in [9.17, 15) is 22.8 Å². The van der Waals surface area contributed by atoms with Gasteiger partial charge in [-0.3, -0.25) is 9.59 Å². The largest absolute Gasteiger partial charge is 0.490 e. The maximum atomic E-state index is 12.9. The van der Waals surface area contributed by atoms with Crippen LogP contribution in [0.4, 0.5) is 18.9 Å². The molecule has 178 valence electrons. The molecule has 3 aromatic rings. The van der Waals surface area contributed by atoms with Crippen LogP contribution in [0.3, 0.4) is 0 Å². The van der Waals surface area contributed by atoms with Crippen LogP contribution in [0.5, 0.6) is 5.75 Å². The number of alkyl halides is 3. The third kappa shape index (κ3) is 5.36. The van der Waals surface area contributed by atoms with Crippen LogP contribution in [-0.2, 0) is 6.18 Å². The minimum atomic E-state index is -4.64. The predicted molar refractivity (Wildman–Crippen MR) is 114 cm³/mol. The maximum Gasteiger partial charge on any atom is 0.433 e. The highest BCUT2D eigenvalue weighted by molar-refractivity contribution is 6.03. The molecule has 34 heavy (non-hydrogen) atoms. The average Bonchev–Trinajstić information content (AvgIpc) is 3.36. The van der Waals surface area contributed by atoms with Gasteiger partial charge in [-0.2, -0.15) is 13.2 Å². The summed E-state index contributed by atoms with van der Waals surface area (Å²) in [4.78, 5) is 29.9. The quantitative estimate of drug-likeness (QED) is 0.591. The lowest BCUT2D eigenvalue weighted by Gasteiger charge is -2.32. The summed E-state index contributed by atoms with van der Waals surface area (Å²) < 4.78 is 49.7. The molecule has 1 N–H and O–H groups in total. The summed E-state index contributed by atoms with van der Waals surface area (Å²) in [6, 6.07) is 9.66. The van der Waals surface area contributed by atoms with Gasteiger partial charge in [0.15, 0.2) is 0 Å². The fraction of sp³-hybridized carbons (Fsp3) is 0.304. The van der Waals surface area contributed by atoms with Crippen molar-refractivity contribution in [3.05, 3.63) is 71.4 Å². The first kappa shape index (κ1) is 23.3. The summed E-state index contributed by atoms with van der Waals surface area (Å²) >= 11 is 0. The zero-order valence-corrected chi connectivity index (χ0v) is 18.1. The molecule has 1 aromatic carbocycles. The number of carbonyl (C=O) groups is 2. The molecule has 0 spiro atoms. The van der Waals surface area contributed by atoms with Crippen molar-refractivity contribution in [3.8, 4) is 5.75 Å². The number of hydrogen-bond acceptors (Lipinski definition) is 6. The second-order valence-electron chi connectivity index (χ2n) is 7.83. The van der Waals surface area contributed by atoms with E-state index < -0.39 is 17.8 Å². The Hall–Kier alpha value is -3.89. The van der Waals surface area contributed by atoms with Crippen molar-refractivity contribution in [1.82, 2.24) is 15.0 Å². The third-order valence-electron chi connectivity index (χ3n) is 5.39. The number of anilines is 1. The Labute approximate surface area is 192 Å². The average molecular weight is 474 g/mol. The van der Waals surface area contributed by atoms with Crippen LogP contribution in [0.25, 0.3) is 0 Å². The van der Waals surface area contributed by atoms with Gasteiger partial charge in [0.2, 0.25) is 5.76 Å². The fourth-order valence-corrected chi connectivity index (χ4v) is 3.56. The van der Waals surface area contributed by atoms with Crippen molar-refractivity contribution < 1.29 is 32.0 Å². The van der Waals surface area contributed by atoms with E-state index in [0.717, 1.165) is 17.7 Å². The monoisotopic (exact) mass is 474 g/mol. The number of nitrogens with one attached hydrogen (secondary N) is 1. The summed E-state index contributed by atoms with van der Waals surface area (Å²) in [5.74, 6) is -0.260. The van der Waals surface area contributed by atoms with E-state index in [1.165, 1.54) is 18.3 Å². The Kier molecular flexibility index (Phi) is 6.53. The molecule has 0 saturated carbocycles. The highest BCUT2D eigenvalue weighted by Crippen LogP contribution is 2.29. The SMILES string of the molecule is Cc1ccc(NC(=O)c2cccc(C(F)(F)F)n2)cc1OC1CCN(C(=O)c2ccno2)CC1. The summed E-state index contributed by atoms with van der Waals surface area (Å²) in [5, 5.41) is 6.11. The molecule has 1 saturated heterocycles. The number of amides is 2. The zero-order valence-electron chi connectivity index (χ0n) is 18.1. The lowest BCUT2D eigenvalue weighted by molar-refractivity contribution is -0.141. The van der Waals surface area contributed by atoms with Crippen LogP contribution >= 0.6 is 0 Å². The number of aryl methyl sites for hydroxylation is 1. The van der Waals surface area contributed by atoms with E-state index in [4.69, 9.17) is 9.26 Å². The number of aromatic nitrogens is 2. The molecule has 0 bridgehead atoms. The Balaban J connectivity index is 1.38. The van der Waals surface area contributed by atoms with Crippen molar-refractivity contribution in [2.45, 2.75) is 32.0 Å². The Morgan fingerprint density at radius 3 is 2.59 bits per heavy atom. The maximum absolute atomic E-state index is 12.9. The van der Waals surface area contributed by atoms with Crippen molar-refractivity contribution in [3.63, 3.8) is 0 Å². The summed E-state index contributed by atoms with van der Waals surface area (Å²) in [7, 11) is 0. The van der Waals surface area contributed by atoms with Crippen LogP contribution in [-0.4, -0.2) is 46.0 Å². The first-order valence-electron chi connectivity index (χ1n) is 10.5. The van der Waals surface area contributed by atoms with E-state index in [-0.39, 0.29) is 23.5 Å². The predicted octanol–water partition coefficient (Wildman–Crippen LogP) is 4.33. The van der Waals surface area contributed by atoms with Crippen molar-refractivity contribution >= 4 is 17.5 Å². The first-order chi connectivity index (χ1) is 16.2. The Morgan fingerprint density at radius 2 is 1.91 bits per heavy atom. The molecule has 1 fully saturated rings. The van der Waals surface area contributed by atoms with E-state index in [2.05, 4.69) is 15.5 Å². The number of carbonyl (C=O) groups excluding carboxylic acids is 2. The summed E-state index contributed by atoms with van der Waals surface area (Å²) in [6.45, 7) is 2.82. The Morgan fingerprint density at radius 1 is 1.15 bits per heavy atom. The van der Waals surface area contributed by atoms with Gasteiger partial charge in [0, 0.05) is 43.8 Å². The number of rotatable bonds is 5. The number of halogens is 3. The highest BCUT2D eigenvalue weighted by atomic mass is 19.4. The van der Waals surface area contributed by atoms with Crippen molar-refractivity contribution in [2.75, 3.05) is 18.4 Å². The van der Waals surface area contributed by atoms with Gasteiger partial charge in [0.25, 0.3) is 11.8 Å². The van der Waals surface area contributed by atoms with Gasteiger partial charge in [0.1, 0.15) is 23.2 Å². The standard InChI is InChI=1S/C23H21F3N4O4/c1-14-5-6-15(28-21(31)17-3-2-4-20(29-17)23(24,25)26)13-19(14)33-16-8-11-30(12-9-16)22(32)18-7-10-27-34-18/h2-7,10,13,16H,8-9,11-12H2,1H3,(H,28,31). The smallest absolute Gasteiger partial charge is 0.433 e. The number of piperidine rings is 1. The zero-order chi connectivity index (χ0) is 24.3. The van der Waals surface area contributed by atoms with Crippen molar-refractivity contribution in [2.24, 2.45) is 0 Å². The minimum Gasteiger partial charge on any atom is -0.490 e. The molecule has 0 aliphatic carbocycles. The van der Waals surface area contributed by atoms with Crippen molar-refractivity contribution in [1.29, 1.82) is 0 Å². The van der Waals surface area contributed by atoms with Gasteiger partial charge in [0.05, 0.1) is 6.20 Å². The second kappa shape index (κ2) is 9.54. The molecule has 0 radical (unpaired) electrons. The van der Waals surface area contributed by atoms with Gasteiger partial charge < -0.3 is 19.5 Å². The third-order valence-corrected chi connectivity index (χ3v) is 5.39. The second-order valence-corrected chi connectivity index (χ2v) is 7.83. The molecule has 2 aromatic heterocycles. The molecule has 11 heteroatoms. The normalized spacial score (nSPS) is 14.6. The topological polar surface area (TPSA) is 97.6 Å². The van der Waals surface area contributed by atoms with E-state index >= 15 is 0 Å². The van der Waals surface area contributed by atoms with Gasteiger partial charge in [-0.05, 0) is 30.7 Å². The van der Waals surface area contributed by atoms with Gasteiger partial charge in [-0.1, -0.05) is 17.3 Å². The number of nitrogens with zero attached hydrogens (tertiary/aromatic N) is 3. The van der Waals surface area contributed by atoms with Crippen LogP contribution in [0.15, 0.2) is 53.2 Å². The van der Waals surface area contributed by atoms with Gasteiger partial charge in [-0.25, -0.2) is 4.98 Å². The lowest BCUT2D eigenvalue weighted by atomic mass is 10.1. The lowest BCUT2D eigenvalue weighted by Crippen LogP contribution is -2.41. The van der Waals surface area contributed by atoms with Gasteiger partial charge in [-0.15, -0.1) is 0 Å². The fourth-order valence-electron chi connectivity index (χ4n) is 3.56. The molecule has 2 amide bonds. The summed E-state index contributed by atoms with van der Waals surface area (Å²) in [5.41, 5.74) is -0.291. The molecule has 0 atom stereocenters. The van der Waals surface area contributed by atoms with Gasteiger partial charge >= 0.3 is 6.18 Å². The molecule has 4 rings (SSSR count). The Bertz CT molecular complexity index is 1170. The van der Waals surface area contributed by atoms with E-state index in [1.807, 2.05) is 6.92 Å². The van der Waals surface area contributed by atoms with E-state index in [1.54, 1.807) is 23.1 Å². The van der Waals surface area contributed by atoms with Crippen LogP contribution < -0.4 is 10.1 Å². The van der Waals surface area contributed by atoms with E-state index in [0.29, 0.717) is 37.4 Å². The number of hydrogen-bond donors (Lipinski definition) is 1. The highest BCUT2D eigenvalue weighted by Gasteiger charge is 2.33. The van der Waals surface area contributed by atoms with Crippen LogP contribution in [0, 0.1) is 6.92 Å². The van der Waals surface area contributed by atoms with Crippen LogP contribution in [0.2, 0.25) is 0 Å².